The number of carbonyl (C=O) groups is 1. The monoisotopic (exact) mass is 216 g/mol. The predicted octanol–water partition coefficient (Wildman–Crippen LogP) is 2.68. The average molecular weight is 216 g/mol. The molecule has 0 fully saturated rings. The van der Waals surface area contributed by atoms with Crippen LogP contribution in [0.25, 0.3) is 0 Å². The molecule has 0 radical (unpaired) electrons. The van der Waals surface area contributed by atoms with Crippen molar-refractivity contribution in [2.75, 3.05) is 13.7 Å². The van der Waals surface area contributed by atoms with Crippen molar-refractivity contribution in [3.05, 3.63) is 11.4 Å². The Morgan fingerprint density at radius 2 is 2.36 bits per heavy atom. The number of thiophene rings is 1. The van der Waals surface area contributed by atoms with Crippen molar-refractivity contribution in [3.8, 4) is 10.8 Å². The van der Waals surface area contributed by atoms with E-state index in [1.54, 1.807) is 11.4 Å². The molecule has 0 unspecified atom stereocenters. The van der Waals surface area contributed by atoms with Gasteiger partial charge in [-0.05, 0) is 17.9 Å². The lowest BCUT2D eigenvalue weighted by Crippen LogP contribution is -2.07. The first-order valence-electron chi connectivity index (χ1n) is 4.24. The third kappa shape index (κ3) is 2.92. The Morgan fingerprint density at radius 1 is 1.57 bits per heavy atom. The van der Waals surface area contributed by atoms with Gasteiger partial charge in [0.15, 0.2) is 5.75 Å². The molecule has 0 atom stereocenters. The van der Waals surface area contributed by atoms with Crippen LogP contribution in [0.5, 0.6) is 10.8 Å². The van der Waals surface area contributed by atoms with Gasteiger partial charge in [-0.2, -0.15) is 0 Å². The zero-order valence-corrected chi connectivity index (χ0v) is 8.93. The quantitative estimate of drug-likeness (QED) is 0.726. The molecule has 14 heavy (non-hydrogen) atoms. The van der Waals surface area contributed by atoms with Gasteiger partial charge in [0.2, 0.25) is 5.06 Å². The van der Waals surface area contributed by atoms with Gasteiger partial charge in [0.25, 0.3) is 0 Å². The minimum absolute atomic E-state index is 0.435. The molecule has 1 heterocycles. The van der Waals surface area contributed by atoms with Crippen LogP contribution < -0.4 is 9.47 Å². The second kappa shape index (κ2) is 5.49. The van der Waals surface area contributed by atoms with E-state index in [4.69, 9.17) is 9.47 Å². The summed E-state index contributed by atoms with van der Waals surface area (Å²) >= 11 is 1.30. The van der Waals surface area contributed by atoms with Crippen LogP contribution in [0.4, 0.5) is 4.79 Å². The van der Waals surface area contributed by atoms with Gasteiger partial charge in [0.05, 0.1) is 13.7 Å². The second-order valence-corrected chi connectivity index (χ2v) is 3.36. The Kier molecular flexibility index (Phi) is 4.25. The molecule has 0 aliphatic carbocycles. The standard InChI is InChI=1S/C9H12O4S/c1-3-5-12-7-4-6-14-8(7)13-9(10)11-2/h4,6H,3,5H2,1-2H3. The number of methoxy groups -OCH3 is 1. The van der Waals surface area contributed by atoms with Crippen molar-refractivity contribution in [1.29, 1.82) is 0 Å². The molecule has 0 aromatic carbocycles. The van der Waals surface area contributed by atoms with E-state index in [1.807, 2.05) is 6.92 Å². The van der Waals surface area contributed by atoms with Gasteiger partial charge in [-0.3, -0.25) is 0 Å². The highest BCUT2D eigenvalue weighted by Crippen LogP contribution is 2.33. The highest BCUT2D eigenvalue weighted by atomic mass is 32.1. The van der Waals surface area contributed by atoms with E-state index in [1.165, 1.54) is 18.4 Å². The number of carbonyl (C=O) groups excluding carboxylic acids is 1. The molecule has 4 nitrogen and oxygen atoms in total. The number of hydrogen-bond acceptors (Lipinski definition) is 5. The normalized spacial score (nSPS) is 9.57. The van der Waals surface area contributed by atoms with Crippen molar-refractivity contribution in [2.45, 2.75) is 13.3 Å². The SMILES string of the molecule is CCCOc1ccsc1OC(=O)OC. The maximum Gasteiger partial charge on any atom is 0.514 e. The number of ether oxygens (including phenoxy) is 3. The fourth-order valence-electron chi connectivity index (χ4n) is 0.794. The molecular weight excluding hydrogens is 204 g/mol. The van der Waals surface area contributed by atoms with Gasteiger partial charge < -0.3 is 14.2 Å². The lowest BCUT2D eigenvalue weighted by Gasteiger charge is -2.04. The van der Waals surface area contributed by atoms with Gasteiger partial charge in [-0.1, -0.05) is 6.92 Å². The van der Waals surface area contributed by atoms with Crippen molar-refractivity contribution < 1.29 is 19.0 Å². The summed E-state index contributed by atoms with van der Waals surface area (Å²) in [6.07, 6.45) is 0.182. The first-order chi connectivity index (χ1) is 6.77. The van der Waals surface area contributed by atoms with E-state index in [2.05, 4.69) is 4.74 Å². The van der Waals surface area contributed by atoms with Crippen LogP contribution >= 0.6 is 11.3 Å². The smallest absolute Gasteiger partial charge is 0.489 e. The van der Waals surface area contributed by atoms with Crippen molar-refractivity contribution in [3.63, 3.8) is 0 Å². The Morgan fingerprint density at radius 3 is 3.00 bits per heavy atom. The fourth-order valence-corrected chi connectivity index (χ4v) is 1.47. The van der Waals surface area contributed by atoms with E-state index < -0.39 is 6.16 Å². The number of hydrogen-bond donors (Lipinski definition) is 0. The summed E-state index contributed by atoms with van der Waals surface area (Å²) in [5, 5.41) is 2.23. The third-order valence-corrected chi connectivity index (χ3v) is 2.17. The molecule has 0 amide bonds. The van der Waals surface area contributed by atoms with Gasteiger partial charge in [0.1, 0.15) is 0 Å². The highest BCUT2D eigenvalue weighted by molar-refractivity contribution is 7.12. The first kappa shape index (κ1) is 10.8. The van der Waals surface area contributed by atoms with E-state index in [0.717, 1.165) is 6.42 Å². The summed E-state index contributed by atoms with van der Waals surface area (Å²) in [4.78, 5) is 10.8. The molecule has 1 rings (SSSR count). The highest BCUT2D eigenvalue weighted by Gasteiger charge is 2.11. The predicted molar refractivity (Wildman–Crippen MR) is 53.1 cm³/mol. The van der Waals surface area contributed by atoms with Crippen LogP contribution in [0.15, 0.2) is 11.4 Å². The molecule has 0 aliphatic rings. The van der Waals surface area contributed by atoms with E-state index in [-0.39, 0.29) is 0 Å². The van der Waals surface area contributed by atoms with Gasteiger partial charge in [-0.15, -0.1) is 11.3 Å². The molecular formula is C9H12O4S. The Bertz CT molecular complexity index is 295. The Labute approximate surface area is 86.4 Å². The summed E-state index contributed by atoms with van der Waals surface area (Å²) in [5.74, 6) is 0.585. The maximum absolute atomic E-state index is 10.8. The zero-order valence-electron chi connectivity index (χ0n) is 8.11. The molecule has 5 heteroatoms. The lowest BCUT2D eigenvalue weighted by molar-refractivity contribution is 0.121. The molecule has 0 N–H and O–H groups in total. The lowest BCUT2D eigenvalue weighted by atomic mass is 10.5. The van der Waals surface area contributed by atoms with Gasteiger partial charge >= 0.3 is 6.16 Å². The Balaban J connectivity index is 2.57. The summed E-state index contributed by atoms with van der Waals surface area (Å²) in [6.45, 7) is 2.61. The summed E-state index contributed by atoms with van der Waals surface area (Å²) in [6, 6.07) is 1.76. The number of rotatable bonds is 4. The maximum atomic E-state index is 10.8. The van der Waals surface area contributed by atoms with Crippen LogP contribution in [0.3, 0.4) is 0 Å². The average Bonchev–Trinajstić information content (AvgIpc) is 2.62. The minimum Gasteiger partial charge on any atom is -0.489 e. The van der Waals surface area contributed by atoms with Gasteiger partial charge in [-0.25, -0.2) is 4.79 Å². The molecule has 78 valence electrons. The molecule has 0 saturated heterocycles. The minimum atomic E-state index is -0.728. The summed E-state index contributed by atoms with van der Waals surface area (Å²) < 4.78 is 14.6. The van der Waals surface area contributed by atoms with Crippen LogP contribution in [0, 0.1) is 0 Å². The van der Waals surface area contributed by atoms with Crippen molar-refractivity contribution in [2.24, 2.45) is 0 Å². The van der Waals surface area contributed by atoms with E-state index >= 15 is 0 Å². The van der Waals surface area contributed by atoms with Crippen molar-refractivity contribution in [1.82, 2.24) is 0 Å². The molecule has 1 aromatic heterocycles. The topological polar surface area (TPSA) is 44.8 Å². The van der Waals surface area contributed by atoms with E-state index in [0.29, 0.717) is 17.4 Å². The van der Waals surface area contributed by atoms with Gasteiger partial charge in [0, 0.05) is 0 Å². The molecule has 0 bridgehead atoms. The van der Waals surface area contributed by atoms with Crippen molar-refractivity contribution >= 4 is 17.5 Å². The van der Waals surface area contributed by atoms with Crippen LogP contribution in [0.1, 0.15) is 13.3 Å². The summed E-state index contributed by atoms with van der Waals surface area (Å²) in [7, 11) is 1.27. The Hall–Kier alpha value is -1.23. The molecule has 0 saturated carbocycles. The van der Waals surface area contributed by atoms with Crippen LogP contribution in [0.2, 0.25) is 0 Å². The largest absolute Gasteiger partial charge is 0.514 e. The fraction of sp³-hybridized carbons (Fsp3) is 0.444. The second-order valence-electron chi connectivity index (χ2n) is 2.48. The third-order valence-electron chi connectivity index (χ3n) is 1.40. The van der Waals surface area contributed by atoms with E-state index in [9.17, 15) is 4.79 Å². The summed E-state index contributed by atoms with van der Waals surface area (Å²) in [5.41, 5.74) is 0. The zero-order chi connectivity index (χ0) is 10.4. The van der Waals surface area contributed by atoms with Crippen LogP contribution in [-0.2, 0) is 4.74 Å². The molecule has 0 spiro atoms. The molecule has 1 aromatic rings. The first-order valence-corrected chi connectivity index (χ1v) is 5.12. The molecule has 0 aliphatic heterocycles. The van der Waals surface area contributed by atoms with Crippen LogP contribution in [-0.4, -0.2) is 19.9 Å².